The van der Waals surface area contributed by atoms with Crippen molar-refractivity contribution >= 4 is 11.0 Å². The number of fused-ring (bicyclic) bond motifs is 1. The molecule has 1 aromatic carbocycles. The molecule has 0 atom stereocenters. The van der Waals surface area contributed by atoms with Gasteiger partial charge in [0.15, 0.2) is 0 Å². The third-order valence-corrected chi connectivity index (χ3v) is 2.36. The van der Waals surface area contributed by atoms with Crippen molar-refractivity contribution in [2.24, 2.45) is 0 Å². The third kappa shape index (κ3) is 2.13. The Hall–Kier alpha value is -1.48. The molecule has 0 saturated heterocycles. The number of nitrogens with zero attached hydrogens (tertiary/aromatic N) is 2. The van der Waals surface area contributed by atoms with Crippen molar-refractivity contribution in [2.75, 3.05) is 0 Å². The van der Waals surface area contributed by atoms with E-state index in [2.05, 4.69) is 29.0 Å². The SMILES string of the molecule is CCCc1ccc2nc(CO)cnc2c1. The fraction of sp³-hybridized carbons (Fsp3) is 0.333. The maximum atomic E-state index is 8.93. The molecule has 78 valence electrons. The van der Waals surface area contributed by atoms with Crippen molar-refractivity contribution in [1.82, 2.24) is 9.97 Å². The largest absolute Gasteiger partial charge is 0.390 e. The fourth-order valence-electron chi connectivity index (χ4n) is 1.61. The topological polar surface area (TPSA) is 46.0 Å². The van der Waals surface area contributed by atoms with Crippen LogP contribution in [0, 0.1) is 0 Å². The predicted molar refractivity (Wildman–Crippen MR) is 59.5 cm³/mol. The predicted octanol–water partition coefficient (Wildman–Crippen LogP) is 2.07. The Morgan fingerprint density at radius 3 is 2.87 bits per heavy atom. The highest BCUT2D eigenvalue weighted by Crippen LogP contribution is 2.13. The summed E-state index contributed by atoms with van der Waals surface area (Å²) in [5.74, 6) is 0. The average molecular weight is 202 g/mol. The molecular formula is C12H14N2O. The quantitative estimate of drug-likeness (QED) is 0.828. The van der Waals surface area contributed by atoms with Gasteiger partial charge >= 0.3 is 0 Å². The summed E-state index contributed by atoms with van der Waals surface area (Å²) in [6.45, 7) is 2.10. The Morgan fingerprint density at radius 1 is 1.27 bits per heavy atom. The summed E-state index contributed by atoms with van der Waals surface area (Å²) in [5, 5.41) is 8.93. The molecule has 2 aromatic rings. The van der Waals surface area contributed by atoms with Gasteiger partial charge in [0.25, 0.3) is 0 Å². The average Bonchev–Trinajstić information content (AvgIpc) is 2.29. The molecule has 0 unspecified atom stereocenters. The van der Waals surface area contributed by atoms with Crippen LogP contribution in [0.2, 0.25) is 0 Å². The first kappa shape index (κ1) is 10.1. The summed E-state index contributed by atoms with van der Waals surface area (Å²) in [4.78, 5) is 8.55. The highest BCUT2D eigenvalue weighted by Gasteiger charge is 2.00. The second-order valence-corrected chi connectivity index (χ2v) is 3.59. The van der Waals surface area contributed by atoms with E-state index in [1.165, 1.54) is 5.56 Å². The zero-order valence-electron chi connectivity index (χ0n) is 8.77. The second-order valence-electron chi connectivity index (χ2n) is 3.59. The number of hydrogen-bond donors (Lipinski definition) is 1. The monoisotopic (exact) mass is 202 g/mol. The number of aromatic nitrogens is 2. The lowest BCUT2D eigenvalue weighted by atomic mass is 10.1. The molecule has 0 aliphatic carbocycles. The molecule has 1 heterocycles. The van der Waals surface area contributed by atoms with Crippen molar-refractivity contribution in [1.29, 1.82) is 0 Å². The lowest BCUT2D eigenvalue weighted by molar-refractivity contribution is 0.277. The normalized spacial score (nSPS) is 10.8. The summed E-state index contributed by atoms with van der Waals surface area (Å²) >= 11 is 0. The van der Waals surface area contributed by atoms with Gasteiger partial charge in [-0.25, -0.2) is 4.98 Å². The van der Waals surface area contributed by atoms with Gasteiger partial charge in [0.2, 0.25) is 0 Å². The highest BCUT2D eigenvalue weighted by molar-refractivity contribution is 5.74. The number of hydrogen-bond acceptors (Lipinski definition) is 3. The molecule has 0 saturated carbocycles. The molecule has 3 heteroatoms. The van der Waals surface area contributed by atoms with Crippen LogP contribution in [0.3, 0.4) is 0 Å². The van der Waals surface area contributed by atoms with Gasteiger partial charge in [-0.2, -0.15) is 0 Å². The van der Waals surface area contributed by atoms with Crippen LogP contribution in [0.15, 0.2) is 24.4 Å². The molecule has 15 heavy (non-hydrogen) atoms. The van der Waals surface area contributed by atoms with E-state index in [4.69, 9.17) is 5.11 Å². The van der Waals surface area contributed by atoms with E-state index in [1.54, 1.807) is 6.20 Å². The number of aliphatic hydroxyl groups is 1. The molecule has 0 amide bonds. The maximum Gasteiger partial charge on any atom is 0.0891 e. The van der Waals surface area contributed by atoms with E-state index in [-0.39, 0.29) is 6.61 Å². The standard InChI is InChI=1S/C12H14N2O/c1-2-3-9-4-5-11-12(6-9)13-7-10(8-15)14-11/h4-7,15H,2-3,8H2,1H3. The Bertz CT molecular complexity index is 468. The smallest absolute Gasteiger partial charge is 0.0891 e. The first-order valence-corrected chi connectivity index (χ1v) is 5.19. The molecule has 0 fully saturated rings. The fourth-order valence-corrected chi connectivity index (χ4v) is 1.61. The van der Waals surface area contributed by atoms with Crippen LogP contribution in [-0.2, 0) is 13.0 Å². The molecule has 0 bridgehead atoms. The zero-order chi connectivity index (χ0) is 10.7. The van der Waals surface area contributed by atoms with E-state index in [9.17, 15) is 0 Å². The van der Waals surface area contributed by atoms with Crippen LogP contribution >= 0.6 is 0 Å². The maximum absolute atomic E-state index is 8.93. The number of rotatable bonds is 3. The van der Waals surface area contributed by atoms with E-state index >= 15 is 0 Å². The summed E-state index contributed by atoms with van der Waals surface area (Å²) in [7, 11) is 0. The Labute approximate surface area is 88.8 Å². The third-order valence-electron chi connectivity index (χ3n) is 2.36. The minimum absolute atomic E-state index is 0.0559. The molecule has 3 nitrogen and oxygen atoms in total. The first-order chi connectivity index (χ1) is 7.33. The molecule has 0 spiro atoms. The van der Waals surface area contributed by atoms with Gasteiger partial charge in [0, 0.05) is 0 Å². The van der Waals surface area contributed by atoms with Gasteiger partial charge in [0.1, 0.15) is 0 Å². The lowest BCUT2D eigenvalue weighted by Gasteiger charge is -2.02. The molecule has 1 N–H and O–H groups in total. The number of aryl methyl sites for hydroxylation is 1. The van der Waals surface area contributed by atoms with E-state index in [0.29, 0.717) is 5.69 Å². The van der Waals surface area contributed by atoms with Crippen LogP contribution in [-0.4, -0.2) is 15.1 Å². The van der Waals surface area contributed by atoms with E-state index in [0.717, 1.165) is 23.9 Å². The van der Waals surface area contributed by atoms with Crippen molar-refractivity contribution in [3.8, 4) is 0 Å². The van der Waals surface area contributed by atoms with Crippen molar-refractivity contribution in [3.63, 3.8) is 0 Å². The van der Waals surface area contributed by atoms with Gasteiger partial charge in [-0.3, -0.25) is 4.98 Å². The van der Waals surface area contributed by atoms with Gasteiger partial charge in [-0.15, -0.1) is 0 Å². The van der Waals surface area contributed by atoms with Crippen LogP contribution in [0.4, 0.5) is 0 Å². The molecule has 1 aromatic heterocycles. The van der Waals surface area contributed by atoms with Crippen molar-refractivity contribution in [2.45, 2.75) is 26.4 Å². The van der Waals surface area contributed by atoms with Crippen LogP contribution < -0.4 is 0 Å². The summed E-state index contributed by atoms with van der Waals surface area (Å²) in [5.41, 5.74) is 3.65. The summed E-state index contributed by atoms with van der Waals surface area (Å²) < 4.78 is 0. The highest BCUT2D eigenvalue weighted by atomic mass is 16.3. The minimum Gasteiger partial charge on any atom is -0.390 e. The lowest BCUT2D eigenvalue weighted by Crippen LogP contribution is -1.93. The number of benzene rings is 1. The Kier molecular flexibility index (Phi) is 2.92. The van der Waals surface area contributed by atoms with Crippen molar-refractivity contribution < 1.29 is 5.11 Å². The molecular weight excluding hydrogens is 188 g/mol. The van der Waals surface area contributed by atoms with Crippen LogP contribution in [0.25, 0.3) is 11.0 Å². The molecule has 0 radical (unpaired) electrons. The van der Waals surface area contributed by atoms with E-state index in [1.807, 2.05) is 6.07 Å². The van der Waals surface area contributed by atoms with E-state index < -0.39 is 0 Å². The van der Waals surface area contributed by atoms with Crippen molar-refractivity contribution in [3.05, 3.63) is 35.7 Å². The molecule has 0 aliphatic heterocycles. The Morgan fingerprint density at radius 2 is 2.13 bits per heavy atom. The van der Waals surface area contributed by atoms with Gasteiger partial charge < -0.3 is 5.11 Å². The van der Waals surface area contributed by atoms with Crippen LogP contribution in [0.5, 0.6) is 0 Å². The number of aliphatic hydroxyl groups excluding tert-OH is 1. The minimum atomic E-state index is -0.0559. The van der Waals surface area contributed by atoms with Crippen LogP contribution in [0.1, 0.15) is 24.6 Å². The zero-order valence-corrected chi connectivity index (χ0v) is 8.77. The van der Waals surface area contributed by atoms with Gasteiger partial charge in [0.05, 0.1) is 29.5 Å². The summed E-state index contributed by atoms with van der Waals surface area (Å²) in [6.07, 6.45) is 3.82. The Balaban J connectivity index is 2.45. The summed E-state index contributed by atoms with van der Waals surface area (Å²) in [6, 6.07) is 6.10. The second kappa shape index (κ2) is 4.36. The van der Waals surface area contributed by atoms with Gasteiger partial charge in [-0.05, 0) is 24.1 Å². The van der Waals surface area contributed by atoms with Gasteiger partial charge in [-0.1, -0.05) is 19.4 Å². The first-order valence-electron chi connectivity index (χ1n) is 5.19. The molecule has 2 rings (SSSR count). The molecule has 0 aliphatic rings.